The zero-order valence-electron chi connectivity index (χ0n) is 10.4. The Morgan fingerprint density at radius 2 is 2.24 bits per heavy atom. The summed E-state index contributed by atoms with van der Waals surface area (Å²) in [6.45, 7) is 2.09. The molecule has 1 aromatic rings. The van der Waals surface area contributed by atoms with E-state index in [1.54, 1.807) is 0 Å². The number of aryl methyl sites for hydroxylation is 1. The number of carbonyl (C=O) groups is 1. The van der Waals surface area contributed by atoms with E-state index in [4.69, 9.17) is 4.74 Å². The highest BCUT2D eigenvalue weighted by atomic mass is 16.5. The minimum Gasteiger partial charge on any atom is -0.468 e. The van der Waals surface area contributed by atoms with Crippen molar-refractivity contribution in [1.82, 2.24) is 5.32 Å². The molecule has 2 rings (SSSR count). The number of methoxy groups -OCH3 is 1. The summed E-state index contributed by atoms with van der Waals surface area (Å²) >= 11 is 0. The van der Waals surface area contributed by atoms with Crippen molar-refractivity contribution >= 4 is 5.97 Å². The lowest BCUT2D eigenvalue weighted by molar-refractivity contribution is -0.144. The van der Waals surface area contributed by atoms with Gasteiger partial charge in [-0.05, 0) is 31.7 Å². The first-order valence-corrected chi connectivity index (χ1v) is 6.11. The van der Waals surface area contributed by atoms with Gasteiger partial charge in [-0.2, -0.15) is 0 Å². The molecule has 3 heteroatoms. The number of benzene rings is 1. The largest absolute Gasteiger partial charge is 0.468 e. The molecular weight excluding hydrogens is 214 g/mol. The Balaban J connectivity index is 2.09. The molecule has 0 amide bonds. The summed E-state index contributed by atoms with van der Waals surface area (Å²) in [5.74, 6) is -0.151. The predicted octanol–water partition coefficient (Wildman–Crippen LogP) is 2.35. The third-order valence-corrected chi connectivity index (χ3v) is 3.32. The number of ether oxygens (including phenoxy) is 1. The molecule has 1 fully saturated rings. The fraction of sp³-hybridized carbons (Fsp3) is 0.500. The SMILES string of the molecule is COC(=O)C1CCCC(c2cccc(C)c2)N1. The van der Waals surface area contributed by atoms with Crippen molar-refractivity contribution in [1.29, 1.82) is 0 Å². The lowest BCUT2D eigenvalue weighted by atomic mass is 9.93. The highest BCUT2D eigenvalue weighted by molar-refractivity contribution is 5.75. The van der Waals surface area contributed by atoms with Crippen LogP contribution in [0.3, 0.4) is 0 Å². The van der Waals surface area contributed by atoms with Crippen LogP contribution in [0.1, 0.15) is 36.4 Å². The molecule has 0 bridgehead atoms. The molecule has 17 heavy (non-hydrogen) atoms. The van der Waals surface area contributed by atoms with Crippen LogP contribution in [0.4, 0.5) is 0 Å². The highest BCUT2D eigenvalue weighted by Gasteiger charge is 2.27. The second-order valence-electron chi connectivity index (χ2n) is 4.64. The fourth-order valence-electron chi connectivity index (χ4n) is 2.41. The minimum absolute atomic E-state index is 0.151. The van der Waals surface area contributed by atoms with E-state index in [-0.39, 0.29) is 18.1 Å². The zero-order valence-corrected chi connectivity index (χ0v) is 10.4. The first kappa shape index (κ1) is 12.1. The van der Waals surface area contributed by atoms with Crippen molar-refractivity contribution in [2.45, 2.75) is 38.3 Å². The summed E-state index contributed by atoms with van der Waals surface area (Å²) in [6.07, 6.45) is 3.01. The number of esters is 1. The molecule has 0 aliphatic carbocycles. The summed E-state index contributed by atoms with van der Waals surface area (Å²) in [4.78, 5) is 11.5. The highest BCUT2D eigenvalue weighted by Crippen LogP contribution is 2.26. The van der Waals surface area contributed by atoms with Crippen LogP contribution in [0.25, 0.3) is 0 Å². The second-order valence-corrected chi connectivity index (χ2v) is 4.64. The molecule has 3 nitrogen and oxygen atoms in total. The normalized spacial score (nSPS) is 24.4. The lowest BCUT2D eigenvalue weighted by Crippen LogP contribution is -2.43. The van der Waals surface area contributed by atoms with Crippen molar-refractivity contribution in [2.24, 2.45) is 0 Å². The van der Waals surface area contributed by atoms with Crippen molar-refractivity contribution in [2.75, 3.05) is 7.11 Å². The van der Waals surface area contributed by atoms with Crippen LogP contribution < -0.4 is 5.32 Å². The van der Waals surface area contributed by atoms with Gasteiger partial charge in [0, 0.05) is 6.04 Å². The summed E-state index contributed by atoms with van der Waals surface area (Å²) < 4.78 is 4.80. The molecule has 1 saturated heterocycles. The van der Waals surface area contributed by atoms with Crippen LogP contribution in [0.15, 0.2) is 24.3 Å². The van der Waals surface area contributed by atoms with Gasteiger partial charge in [0.25, 0.3) is 0 Å². The molecule has 1 aromatic carbocycles. The molecular formula is C14H19NO2. The first-order chi connectivity index (χ1) is 8.20. The van der Waals surface area contributed by atoms with E-state index in [1.807, 2.05) is 0 Å². The van der Waals surface area contributed by atoms with E-state index in [1.165, 1.54) is 18.2 Å². The van der Waals surface area contributed by atoms with Crippen LogP contribution in [-0.4, -0.2) is 19.1 Å². The van der Waals surface area contributed by atoms with Crippen LogP contribution in [-0.2, 0) is 9.53 Å². The van der Waals surface area contributed by atoms with Gasteiger partial charge in [-0.1, -0.05) is 29.8 Å². The topological polar surface area (TPSA) is 38.3 Å². The maximum atomic E-state index is 11.5. The molecule has 0 saturated carbocycles. The fourth-order valence-corrected chi connectivity index (χ4v) is 2.41. The molecule has 92 valence electrons. The Bertz CT molecular complexity index is 403. The van der Waals surface area contributed by atoms with Gasteiger partial charge in [-0.25, -0.2) is 0 Å². The smallest absolute Gasteiger partial charge is 0.322 e. The number of piperidine rings is 1. The Morgan fingerprint density at radius 3 is 2.94 bits per heavy atom. The molecule has 2 atom stereocenters. The first-order valence-electron chi connectivity index (χ1n) is 6.11. The van der Waals surface area contributed by atoms with E-state index in [0.29, 0.717) is 0 Å². The molecule has 1 heterocycles. The summed E-state index contributed by atoms with van der Waals surface area (Å²) in [5, 5.41) is 3.37. The maximum absolute atomic E-state index is 11.5. The Morgan fingerprint density at radius 1 is 1.41 bits per heavy atom. The van der Waals surface area contributed by atoms with E-state index in [2.05, 4.69) is 36.5 Å². The molecule has 0 aromatic heterocycles. The summed E-state index contributed by atoms with van der Waals surface area (Å²) in [5.41, 5.74) is 2.52. The van der Waals surface area contributed by atoms with Crippen molar-refractivity contribution in [3.05, 3.63) is 35.4 Å². The Kier molecular flexibility index (Phi) is 3.79. The van der Waals surface area contributed by atoms with Gasteiger partial charge in [-0.15, -0.1) is 0 Å². The quantitative estimate of drug-likeness (QED) is 0.797. The van der Waals surface area contributed by atoms with E-state index < -0.39 is 0 Å². The molecule has 1 N–H and O–H groups in total. The van der Waals surface area contributed by atoms with Gasteiger partial charge in [0.1, 0.15) is 6.04 Å². The van der Waals surface area contributed by atoms with E-state index >= 15 is 0 Å². The molecule has 1 aliphatic rings. The van der Waals surface area contributed by atoms with Gasteiger partial charge < -0.3 is 4.74 Å². The van der Waals surface area contributed by atoms with Crippen LogP contribution in [0.5, 0.6) is 0 Å². The van der Waals surface area contributed by atoms with Crippen LogP contribution >= 0.6 is 0 Å². The zero-order chi connectivity index (χ0) is 12.3. The third-order valence-electron chi connectivity index (χ3n) is 3.32. The molecule has 0 radical (unpaired) electrons. The van der Waals surface area contributed by atoms with Crippen molar-refractivity contribution in [3.8, 4) is 0 Å². The van der Waals surface area contributed by atoms with Gasteiger partial charge in [-0.3, -0.25) is 10.1 Å². The number of hydrogen-bond acceptors (Lipinski definition) is 3. The van der Waals surface area contributed by atoms with Crippen molar-refractivity contribution < 1.29 is 9.53 Å². The van der Waals surface area contributed by atoms with Crippen LogP contribution in [0, 0.1) is 6.92 Å². The Labute approximate surface area is 102 Å². The number of carbonyl (C=O) groups excluding carboxylic acids is 1. The molecule has 1 aliphatic heterocycles. The lowest BCUT2D eigenvalue weighted by Gasteiger charge is -2.29. The summed E-state index contributed by atoms with van der Waals surface area (Å²) in [6, 6.07) is 8.56. The standard InChI is InChI=1S/C14H19NO2/c1-10-5-3-6-11(9-10)12-7-4-8-13(15-12)14(16)17-2/h3,5-6,9,12-13,15H,4,7-8H2,1-2H3. The second kappa shape index (κ2) is 5.32. The number of rotatable bonds is 2. The van der Waals surface area contributed by atoms with E-state index in [9.17, 15) is 4.79 Å². The Hall–Kier alpha value is -1.35. The van der Waals surface area contributed by atoms with Crippen LogP contribution in [0.2, 0.25) is 0 Å². The third kappa shape index (κ3) is 2.86. The maximum Gasteiger partial charge on any atom is 0.322 e. The number of hydrogen-bond donors (Lipinski definition) is 1. The average Bonchev–Trinajstić information content (AvgIpc) is 2.38. The minimum atomic E-state index is -0.153. The molecule has 0 spiro atoms. The van der Waals surface area contributed by atoms with Gasteiger partial charge in [0.05, 0.1) is 7.11 Å². The van der Waals surface area contributed by atoms with E-state index in [0.717, 1.165) is 19.3 Å². The molecule has 2 unspecified atom stereocenters. The summed E-state index contributed by atoms with van der Waals surface area (Å²) in [7, 11) is 1.44. The van der Waals surface area contributed by atoms with Gasteiger partial charge >= 0.3 is 5.97 Å². The predicted molar refractivity (Wildman–Crippen MR) is 66.7 cm³/mol. The van der Waals surface area contributed by atoms with Gasteiger partial charge in [0.15, 0.2) is 0 Å². The average molecular weight is 233 g/mol. The monoisotopic (exact) mass is 233 g/mol. The number of nitrogens with one attached hydrogen (secondary N) is 1. The van der Waals surface area contributed by atoms with Crippen molar-refractivity contribution in [3.63, 3.8) is 0 Å². The van der Waals surface area contributed by atoms with Gasteiger partial charge in [0.2, 0.25) is 0 Å².